The first kappa shape index (κ1) is 15.8. The van der Waals surface area contributed by atoms with Crippen LogP contribution in [0, 0.1) is 5.92 Å². The maximum Gasteiger partial charge on any atom is 0.267 e. The van der Waals surface area contributed by atoms with Gasteiger partial charge in [-0.2, -0.15) is 0 Å². The van der Waals surface area contributed by atoms with E-state index in [0.29, 0.717) is 10.2 Å². The third-order valence-corrected chi connectivity index (χ3v) is 5.01. The molecule has 2 rings (SSSR count). The van der Waals surface area contributed by atoms with Crippen molar-refractivity contribution in [2.45, 2.75) is 20.3 Å². The summed E-state index contributed by atoms with van der Waals surface area (Å²) in [6.45, 7) is 9.12. The quantitative estimate of drug-likeness (QED) is 0.584. The van der Waals surface area contributed by atoms with Gasteiger partial charge in [-0.1, -0.05) is 37.8 Å². The van der Waals surface area contributed by atoms with E-state index in [-0.39, 0.29) is 5.91 Å². The first-order valence-corrected chi connectivity index (χ1v) is 8.38. The van der Waals surface area contributed by atoms with E-state index in [1.165, 1.54) is 11.8 Å². The average molecular weight is 313 g/mol. The Balaban J connectivity index is 1.96. The molecule has 0 N–H and O–H groups in total. The summed E-state index contributed by atoms with van der Waals surface area (Å²) in [5, 5.41) is 0. The summed E-state index contributed by atoms with van der Waals surface area (Å²) in [7, 11) is 2.13. The standard InChI is InChI=1S/C14H23N3OS2/c1-11(2)4-5-17-13(18)12(20-14(17)19)10-16-8-6-15(3)7-9-16/h10-11H,4-9H2,1-3H3/b12-10-. The molecule has 0 aliphatic carbocycles. The van der Waals surface area contributed by atoms with E-state index >= 15 is 0 Å². The topological polar surface area (TPSA) is 26.8 Å². The number of piperazine rings is 1. The van der Waals surface area contributed by atoms with E-state index < -0.39 is 0 Å². The predicted octanol–water partition coefficient (Wildman–Crippen LogP) is 1.98. The van der Waals surface area contributed by atoms with Gasteiger partial charge in [-0.3, -0.25) is 9.69 Å². The summed E-state index contributed by atoms with van der Waals surface area (Å²) in [5.41, 5.74) is 0. The second-order valence-electron chi connectivity index (χ2n) is 5.84. The van der Waals surface area contributed by atoms with Crippen LogP contribution in [0.2, 0.25) is 0 Å². The summed E-state index contributed by atoms with van der Waals surface area (Å²) in [4.78, 5) is 19.4. The Morgan fingerprint density at radius 2 is 1.95 bits per heavy atom. The number of hydrogen-bond donors (Lipinski definition) is 0. The lowest BCUT2D eigenvalue weighted by molar-refractivity contribution is -0.122. The van der Waals surface area contributed by atoms with Crippen molar-refractivity contribution in [2.75, 3.05) is 39.8 Å². The molecule has 2 heterocycles. The maximum absolute atomic E-state index is 12.4. The van der Waals surface area contributed by atoms with Crippen LogP contribution in [0.25, 0.3) is 0 Å². The van der Waals surface area contributed by atoms with E-state index in [2.05, 4.69) is 30.7 Å². The lowest BCUT2D eigenvalue weighted by Gasteiger charge is -2.31. The zero-order valence-electron chi connectivity index (χ0n) is 12.5. The van der Waals surface area contributed by atoms with Crippen LogP contribution in [-0.4, -0.2) is 64.7 Å². The molecule has 0 aromatic rings. The van der Waals surface area contributed by atoms with Gasteiger partial charge in [-0.15, -0.1) is 0 Å². The summed E-state index contributed by atoms with van der Waals surface area (Å²) < 4.78 is 0.705. The van der Waals surface area contributed by atoms with Crippen molar-refractivity contribution in [2.24, 2.45) is 5.92 Å². The molecule has 112 valence electrons. The first-order valence-electron chi connectivity index (χ1n) is 7.15. The Labute approximate surface area is 131 Å². The Morgan fingerprint density at radius 1 is 1.30 bits per heavy atom. The zero-order valence-corrected chi connectivity index (χ0v) is 14.1. The third kappa shape index (κ3) is 3.96. The highest BCUT2D eigenvalue weighted by Gasteiger charge is 2.32. The Bertz CT molecular complexity index is 415. The molecule has 0 aromatic carbocycles. The fourth-order valence-corrected chi connectivity index (χ4v) is 3.50. The van der Waals surface area contributed by atoms with Crippen LogP contribution in [-0.2, 0) is 4.79 Å². The van der Waals surface area contributed by atoms with E-state index in [1.807, 2.05) is 6.20 Å². The van der Waals surface area contributed by atoms with Crippen LogP contribution in [0.1, 0.15) is 20.3 Å². The van der Waals surface area contributed by atoms with Gasteiger partial charge in [0.2, 0.25) is 0 Å². The molecule has 4 nitrogen and oxygen atoms in total. The highest BCUT2D eigenvalue weighted by atomic mass is 32.2. The van der Waals surface area contributed by atoms with Crippen molar-refractivity contribution < 1.29 is 4.79 Å². The number of thioether (sulfide) groups is 1. The van der Waals surface area contributed by atoms with E-state index in [4.69, 9.17) is 12.2 Å². The Hall–Kier alpha value is -0.590. The molecule has 0 radical (unpaired) electrons. The molecule has 1 amide bonds. The number of hydrogen-bond acceptors (Lipinski definition) is 5. The number of carbonyl (C=O) groups excluding carboxylic acids is 1. The van der Waals surface area contributed by atoms with Crippen molar-refractivity contribution in [3.8, 4) is 0 Å². The molecule has 0 atom stereocenters. The third-order valence-electron chi connectivity index (χ3n) is 3.64. The Morgan fingerprint density at radius 3 is 2.55 bits per heavy atom. The van der Waals surface area contributed by atoms with Crippen LogP contribution in [0.15, 0.2) is 11.1 Å². The van der Waals surface area contributed by atoms with Crippen LogP contribution in [0.4, 0.5) is 0 Å². The fraction of sp³-hybridized carbons (Fsp3) is 0.714. The maximum atomic E-state index is 12.4. The first-order chi connectivity index (χ1) is 9.47. The molecule has 2 saturated heterocycles. The summed E-state index contributed by atoms with van der Waals surface area (Å²) in [5.74, 6) is 0.667. The fourth-order valence-electron chi connectivity index (χ4n) is 2.19. The molecular weight excluding hydrogens is 290 g/mol. The molecule has 0 aromatic heterocycles. The zero-order chi connectivity index (χ0) is 14.7. The minimum Gasteiger partial charge on any atom is -0.374 e. The predicted molar refractivity (Wildman–Crippen MR) is 88.5 cm³/mol. The summed E-state index contributed by atoms with van der Waals surface area (Å²) in [6, 6.07) is 0. The molecule has 2 aliphatic rings. The highest BCUT2D eigenvalue weighted by molar-refractivity contribution is 8.26. The molecule has 20 heavy (non-hydrogen) atoms. The number of nitrogens with zero attached hydrogens (tertiary/aromatic N) is 3. The lowest BCUT2D eigenvalue weighted by atomic mass is 10.1. The van der Waals surface area contributed by atoms with Crippen LogP contribution < -0.4 is 0 Å². The van der Waals surface area contributed by atoms with Gasteiger partial charge < -0.3 is 9.80 Å². The number of amides is 1. The minimum absolute atomic E-state index is 0.0829. The molecular formula is C14H23N3OS2. The van der Waals surface area contributed by atoms with Crippen molar-refractivity contribution in [3.05, 3.63) is 11.1 Å². The van der Waals surface area contributed by atoms with Crippen molar-refractivity contribution in [1.29, 1.82) is 0 Å². The van der Waals surface area contributed by atoms with Crippen molar-refractivity contribution in [3.63, 3.8) is 0 Å². The van der Waals surface area contributed by atoms with Crippen LogP contribution in [0.5, 0.6) is 0 Å². The molecule has 0 spiro atoms. The molecule has 2 fully saturated rings. The van der Waals surface area contributed by atoms with Gasteiger partial charge in [0.05, 0.1) is 4.91 Å². The molecule has 0 saturated carbocycles. The highest BCUT2D eigenvalue weighted by Crippen LogP contribution is 2.31. The second kappa shape index (κ2) is 6.91. The average Bonchev–Trinajstić information content (AvgIpc) is 2.65. The SMILES string of the molecule is CC(C)CCN1C(=O)/C(=C/N2CCN(C)CC2)SC1=S. The van der Waals surface area contributed by atoms with Gasteiger partial charge in [-0.05, 0) is 19.4 Å². The van der Waals surface area contributed by atoms with Gasteiger partial charge in [0.15, 0.2) is 0 Å². The van der Waals surface area contributed by atoms with Gasteiger partial charge in [-0.25, -0.2) is 0 Å². The largest absolute Gasteiger partial charge is 0.374 e. The Kier molecular flexibility index (Phi) is 5.46. The second-order valence-corrected chi connectivity index (χ2v) is 7.52. The monoisotopic (exact) mass is 313 g/mol. The number of carbonyl (C=O) groups is 1. The molecule has 0 unspecified atom stereocenters. The van der Waals surface area contributed by atoms with Gasteiger partial charge in [0, 0.05) is 38.9 Å². The van der Waals surface area contributed by atoms with Gasteiger partial charge >= 0.3 is 0 Å². The van der Waals surface area contributed by atoms with E-state index in [0.717, 1.165) is 44.0 Å². The van der Waals surface area contributed by atoms with Crippen molar-refractivity contribution in [1.82, 2.24) is 14.7 Å². The minimum atomic E-state index is 0.0829. The normalized spacial score (nSPS) is 23.5. The molecule has 6 heteroatoms. The van der Waals surface area contributed by atoms with Crippen molar-refractivity contribution >= 4 is 34.2 Å². The van der Waals surface area contributed by atoms with Crippen LogP contribution in [0.3, 0.4) is 0 Å². The van der Waals surface area contributed by atoms with Gasteiger partial charge in [0.25, 0.3) is 5.91 Å². The summed E-state index contributed by atoms with van der Waals surface area (Å²) >= 11 is 6.78. The van der Waals surface area contributed by atoms with Crippen LogP contribution >= 0.6 is 24.0 Å². The number of likely N-dealkylation sites (N-methyl/N-ethyl adjacent to an activating group) is 1. The number of rotatable bonds is 4. The molecule has 2 aliphatic heterocycles. The smallest absolute Gasteiger partial charge is 0.267 e. The van der Waals surface area contributed by atoms with E-state index in [1.54, 1.807) is 4.90 Å². The number of thiocarbonyl (C=S) groups is 1. The molecule has 0 bridgehead atoms. The summed E-state index contributed by atoms with van der Waals surface area (Å²) in [6.07, 6.45) is 3.00. The van der Waals surface area contributed by atoms with E-state index in [9.17, 15) is 4.79 Å². The van der Waals surface area contributed by atoms with Gasteiger partial charge in [0.1, 0.15) is 4.32 Å². The lowest BCUT2D eigenvalue weighted by Crippen LogP contribution is -2.42.